The highest BCUT2D eigenvalue weighted by Crippen LogP contribution is 2.40. The van der Waals surface area contributed by atoms with E-state index in [1.807, 2.05) is 152 Å². The molecule has 2 saturated heterocycles. The van der Waals surface area contributed by atoms with E-state index in [1.54, 1.807) is 48.5 Å². The topological polar surface area (TPSA) is 169 Å². The lowest BCUT2D eigenvalue weighted by Gasteiger charge is -2.52. The quantitative estimate of drug-likeness (QED) is 0.0683. The molecule has 4 aliphatic heterocycles. The second kappa shape index (κ2) is 24.4. The lowest BCUT2D eigenvalue weighted by atomic mass is 9.92. The normalized spacial score (nSPS) is 24.8. The van der Waals surface area contributed by atoms with E-state index >= 15 is 0 Å². The minimum absolute atomic E-state index is 0.0102. The van der Waals surface area contributed by atoms with Crippen LogP contribution in [0.2, 0.25) is 0 Å². The highest BCUT2D eigenvalue weighted by Gasteiger charge is 2.60. The number of carbonyl (C=O) groups is 4. The maximum Gasteiger partial charge on any atom is 0.262 e. The zero-order chi connectivity index (χ0) is 53.4. The number of amides is 4. The number of imide groups is 2. The first-order chi connectivity index (χ1) is 38.3. The molecule has 10 atom stereocenters. The molecule has 0 aliphatic carbocycles. The van der Waals surface area contributed by atoms with Gasteiger partial charge < -0.3 is 43.0 Å². The van der Waals surface area contributed by atoms with Crippen LogP contribution in [0.15, 0.2) is 200 Å². The van der Waals surface area contributed by atoms with Gasteiger partial charge in [0.25, 0.3) is 23.6 Å². The zero-order valence-corrected chi connectivity index (χ0v) is 42.5. The van der Waals surface area contributed by atoms with Crippen LogP contribution in [-0.2, 0) is 70.9 Å². The Morgan fingerprint density at radius 2 is 0.679 bits per heavy atom. The molecule has 4 aliphatic rings. The van der Waals surface area contributed by atoms with E-state index in [4.69, 9.17) is 37.9 Å². The summed E-state index contributed by atoms with van der Waals surface area (Å²) in [5.74, 6) is -2.52. The molecule has 4 heterocycles. The van der Waals surface area contributed by atoms with Crippen LogP contribution in [0.4, 0.5) is 0 Å². The van der Waals surface area contributed by atoms with Crippen LogP contribution in [0.1, 0.15) is 69.2 Å². The maximum absolute atomic E-state index is 14.9. The Bertz CT molecular complexity index is 3080. The molecule has 4 amide bonds. The first-order valence-electron chi connectivity index (χ1n) is 26.1. The van der Waals surface area contributed by atoms with Crippen molar-refractivity contribution in [2.24, 2.45) is 0 Å². The van der Waals surface area contributed by atoms with Gasteiger partial charge in [0.1, 0.15) is 48.7 Å². The van der Waals surface area contributed by atoms with Crippen LogP contribution in [-0.4, -0.2) is 113 Å². The molecule has 11 rings (SSSR count). The van der Waals surface area contributed by atoms with Crippen molar-refractivity contribution < 1.29 is 62.2 Å². The Morgan fingerprint density at radius 3 is 1.09 bits per heavy atom. The predicted octanol–water partition coefficient (Wildman–Crippen LogP) is 8.33. The van der Waals surface area contributed by atoms with Crippen molar-refractivity contribution in [2.45, 2.75) is 94.3 Å². The highest BCUT2D eigenvalue weighted by molar-refractivity contribution is 6.22. The van der Waals surface area contributed by atoms with E-state index in [0.29, 0.717) is 0 Å². The van der Waals surface area contributed by atoms with Gasteiger partial charge in [-0.25, -0.2) is 0 Å². The molecule has 1 N–H and O–H groups in total. The molecule has 0 saturated carbocycles. The van der Waals surface area contributed by atoms with Crippen molar-refractivity contribution >= 4 is 23.6 Å². The number of hydrogen-bond acceptors (Lipinski definition) is 13. The molecule has 0 aromatic heterocycles. The van der Waals surface area contributed by atoms with Crippen molar-refractivity contribution in [3.05, 3.63) is 250 Å². The van der Waals surface area contributed by atoms with Gasteiger partial charge in [0.15, 0.2) is 12.6 Å². The summed E-state index contributed by atoms with van der Waals surface area (Å²) >= 11 is 0. The van der Waals surface area contributed by atoms with Gasteiger partial charge in [0, 0.05) is 0 Å². The molecular formula is C63H58N2O13. The van der Waals surface area contributed by atoms with Gasteiger partial charge in [0.05, 0.1) is 68.5 Å². The minimum Gasteiger partial charge on any atom is -0.388 e. The van der Waals surface area contributed by atoms with Crippen LogP contribution < -0.4 is 0 Å². The van der Waals surface area contributed by atoms with Gasteiger partial charge in [0.2, 0.25) is 0 Å². The third kappa shape index (κ3) is 11.4. The molecule has 7 aromatic rings. The number of ether oxygens (including phenoxy) is 8. The molecule has 15 heteroatoms. The summed E-state index contributed by atoms with van der Waals surface area (Å²) in [6, 6.07) is 57.4. The summed E-state index contributed by atoms with van der Waals surface area (Å²) in [6.07, 6.45) is -10.8. The van der Waals surface area contributed by atoms with E-state index < -0.39 is 84.9 Å². The number of carbonyl (C=O) groups excluding carboxylic acids is 4. The van der Waals surface area contributed by atoms with Gasteiger partial charge in [-0.15, -0.1) is 0 Å². The molecule has 2 fully saturated rings. The Morgan fingerprint density at radius 1 is 0.359 bits per heavy atom. The van der Waals surface area contributed by atoms with Crippen LogP contribution >= 0.6 is 0 Å². The summed E-state index contributed by atoms with van der Waals surface area (Å²) in [6.45, 7) is -0.0952. The molecular weight excluding hydrogens is 993 g/mol. The lowest BCUT2D eigenvalue weighted by Crippen LogP contribution is -2.70. The number of benzene rings is 7. The van der Waals surface area contributed by atoms with Crippen molar-refractivity contribution in [3.63, 3.8) is 0 Å². The lowest BCUT2D eigenvalue weighted by molar-refractivity contribution is -0.350. The standard InChI is InChI=1S/C63H58N2O13/c66-54-50(39-71-34-41-20-6-1-7-21-41)76-63(52(56(54)73-36-43-24-10-3-11-25-43)64-58(67)46-30-16-17-31-47(46)59(64)68)78-55-51(40-72-35-42-22-8-2-9-23-42)77-62(75-38-45-28-14-5-15-29-45)53(57(55)74-37-44-26-12-4-13-27-44)65-60(69)48-32-18-19-33-49(48)61(65)70/h1-33,50-57,62-63,66H,34-40H2/t50-,51-,52-,53-,54-,55-,56-,57-,62-,63+/m1/s1. The Hall–Kier alpha value is -7.54. The number of fused-ring (bicyclic) bond motifs is 2. The molecule has 15 nitrogen and oxygen atoms in total. The molecule has 398 valence electrons. The molecule has 0 spiro atoms. The Balaban J connectivity index is 1.04. The van der Waals surface area contributed by atoms with E-state index in [9.17, 15) is 24.3 Å². The number of hydrogen-bond donors (Lipinski definition) is 1. The Kier molecular flexibility index (Phi) is 16.4. The maximum atomic E-state index is 14.9. The summed E-state index contributed by atoms with van der Waals surface area (Å²) in [5, 5.41) is 12.6. The van der Waals surface area contributed by atoms with E-state index in [0.717, 1.165) is 37.6 Å². The molecule has 0 bridgehead atoms. The first kappa shape index (κ1) is 52.5. The van der Waals surface area contributed by atoms with E-state index in [-0.39, 0.29) is 68.5 Å². The second-order valence-corrected chi connectivity index (χ2v) is 19.5. The fourth-order valence-corrected chi connectivity index (χ4v) is 10.5. The predicted molar refractivity (Wildman–Crippen MR) is 283 cm³/mol. The van der Waals surface area contributed by atoms with Crippen molar-refractivity contribution in [3.8, 4) is 0 Å². The summed E-state index contributed by atoms with van der Waals surface area (Å²) in [5.41, 5.74) is 4.70. The van der Waals surface area contributed by atoms with Crippen molar-refractivity contribution in [1.29, 1.82) is 0 Å². The van der Waals surface area contributed by atoms with Gasteiger partial charge in [-0.2, -0.15) is 0 Å². The molecule has 7 aromatic carbocycles. The fraction of sp³-hybridized carbons (Fsp3) is 0.270. The van der Waals surface area contributed by atoms with E-state index in [1.165, 1.54) is 0 Å². The minimum atomic E-state index is -1.63. The number of rotatable bonds is 21. The third-order valence-electron chi connectivity index (χ3n) is 14.4. The van der Waals surface area contributed by atoms with Crippen LogP contribution in [0.5, 0.6) is 0 Å². The van der Waals surface area contributed by atoms with Crippen LogP contribution in [0.25, 0.3) is 0 Å². The average molecular weight is 1050 g/mol. The zero-order valence-electron chi connectivity index (χ0n) is 42.5. The van der Waals surface area contributed by atoms with Gasteiger partial charge in [-0.3, -0.25) is 29.0 Å². The summed E-state index contributed by atoms with van der Waals surface area (Å²) in [4.78, 5) is 61.6. The van der Waals surface area contributed by atoms with Gasteiger partial charge >= 0.3 is 0 Å². The molecule has 0 radical (unpaired) electrons. The first-order valence-corrected chi connectivity index (χ1v) is 26.1. The van der Waals surface area contributed by atoms with Crippen LogP contribution in [0.3, 0.4) is 0 Å². The van der Waals surface area contributed by atoms with Crippen molar-refractivity contribution in [2.75, 3.05) is 13.2 Å². The third-order valence-corrected chi connectivity index (χ3v) is 14.4. The molecule has 0 unspecified atom stereocenters. The fourth-order valence-electron chi connectivity index (χ4n) is 10.5. The van der Waals surface area contributed by atoms with Crippen molar-refractivity contribution in [1.82, 2.24) is 9.80 Å². The summed E-state index contributed by atoms with van der Waals surface area (Å²) in [7, 11) is 0. The largest absolute Gasteiger partial charge is 0.388 e. The number of nitrogens with zero attached hydrogens (tertiary/aromatic N) is 2. The molecule has 78 heavy (non-hydrogen) atoms. The smallest absolute Gasteiger partial charge is 0.262 e. The van der Waals surface area contributed by atoms with E-state index in [2.05, 4.69) is 0 Å². The number of aliphatic hydroxyl groups excluding tert-OH is 1. The average Bonchev–Trinajstić information content (AvgIpc) is 4.12. The summed E-state index contributed by atoms with van der Waals surface area (Å²) < 4.78 is 54.6. The monoisotopic (exact) mass is 1050 g/mol. The van der Waals surface area contributed by atoms with Gasteiger partial charge in [-0.05, 0) is 52.1 Å². The number of aliphatic hydroxyl groups is 1. The SMILES string of the molecule is O=C1c2ccccc2C(=O)N1[C@H]1[C@H](O[C@H]2[C@H](OCc3ccccc3)[C@@H](N3C(=O)c4ccccc4C3=O)[C@H](OCc3ccccc3)O[C@@H]2COCc2ccccc2)O[C@H](COCc2ccccc2)[C@@H](O)[C@@H]1OCc1ccccc1. The Labute approximate surface area is 451 Å². The highest BCUT2D eigenvalue weighted by atomic mass is 16.7. The van der Waals surface area contributed by atoms with Gasteiger partial charge in [-0.1, -0.05) is 176 Å². The second-order valence-electron chi connectivity index (χ2n) is 19.5. The van der Waals surface area contributed by atoms with Crippen LogP contribution in [0, 0.1) is 0 Å².